The molecule has 1 aliphatic rings. The summed E-state index contributed by atoms with van der Waals surface area (Å²) < 4.78 is 0. The zero-order valence-corrected chi connectivity index (χ0v) is 13.9. The molecule has 0 bridgehead atoms. The molecule has 2 aromatic rings. The number of carbonyl (C=O) groups excluding carboxylic acids is 2. The van der Waals surface area contributed by atoms with Crippen molar-refractivity contribution in [2.45, 2.75) is 12.8 Å². The summed E-state index contributed by atoms with van der Waals surface area (Å²) in [7, 11) is 0. The van der Waals surface area contributed by atoms with Crippen molar-refractivity contribution in [1.82, 2.24) is 0 Å². The molecule has 7 nitrogen and oxygen atoms in total. The number of nitro benzene ring substituents is 1. The Morgan fingerprint density at radius 3 is 2.73 bits per heavy atom. The molecule has 0 unspecified atom stereocenters. The smallest absolute Gasteiger partial charge is 0.270 e. The normalized spacial score (nSPS) is 14.0. The van der Waals surface area contributed by atoms with Crippen LogP contribution in [-0.2, 0) is 9.59 Å². The summed E-state index contributed by atoms with van der Waals surface area (Å²) in [6.07, 6.45) is 4.20. The molecule has 1 heterocycles. The molecule has 1 N–H and O–H groups in total. The van der Waals surface area contributed by atoms with E-state index in [2.05, 4.69) is 5.32 Å². The Kier molecular flexibility index (Phi) is 5.07. The molecule has 132 valence electrons. The van der Waals surface area contributed by atoms with Crippen molar-refractivity contribution in [3.05, 3.63) is 70.3 Å². The Morgan fingerprint density at radius 1 is 1.19 bits per heavy atom. The average Bonchev–Trinajstić information content (AvgIpc) is 3.06. The number of nitro groups is 1. The lowest BCUT2D eigenvalue weighted by atomic mass is 10.2. The number of non-ortho nitro benzene ring substituents is 1. The Hall–Kier alpha value is -3.48. The van der Waals surface area contributed by atoms with Gasteiger partial charge in [0.05, 0.1) is 4.92 Å². The highest BCUT2D eigenvalue weighted by atomic mass is 16.6. The minimum Gasteiger partial charge on any atom is -0.322 e. The molecule has 2 amide bonds. The fraction of sp³-hybridized carbons (Fsp3) is 0.158. The monoisotopic (exact) mass is 351 g/mol. The third-order valence-electron chi connectivity index (χ3n) is 4.01. The molecule has 7 heteroatoms. The molecule has 2 aromatic carbocycles. The van der Waals surface area contributed by atoms with Crippen molar-refractivity contribution >= 4 is 35.0 Å². The van der Waals surface area contributed by atoms with Gasteiger partial charge in [-0.2, -0.15) is 0 Å². The molecule has 0 aromatic heterocycles. The van der Waals surface area contributed by atoms with E-state index in [1.165, 1.54) is 24.3 Å². The van der Waals surface area contributed by atoms with Crippen LogP contribution in [0.2, 0.25) is 0 Å². The molecule has 1 saturated heterocycles. The maximum atomic E-state index is 12.1. The second-order valence-corrected chi connectivity index (χ2v) is 5.87. The van der Waals surface area contributed by atoms with Gasteiger partial charge in [0.1, 0.15) is 0 Å². The van der Waals surface area contributed by atoms with E-state index >= 15 is 0 Å². The van der Waals surface area contributed by atoms with Gasteiger partial charge in [0, 0.05) is 42.5 Å². The third kappa shape index (κ3) is 4.13. The molecular formula is C19H17N3O4. The molecule has 0 radical (unpaired) electrons. The van der Waals surface area contributed by atoms with Gasteiger partial charge >= 0.3 is 0 Å². The van der Waals surface area contributed by atoms with Crippen LogP contribution in [-0.4, -0.2) is 23.3 Å². The van der Waals surface area contributed by atoms with E-state index in [1.807, 2.05) is 6.07 Å². The molecule has 0 atom stereocenters. The van der Waals surface area contributed by atoms with Crippen molar-refractivity contribution in [1.29, 1.82) is 0 Å². The predicted molar refractivity (Wildman–Crippen MR) is 98.8 cm³/mol. The van der Waals surface area contributed by atoms with Gasteiger partial charge in [-0.1, -0.05) is 18.2 Å². The van der Waals surface area contributed by atoms with Crippen LogP contribution in [0.25, 0.3) is 6.08 Å². The second kappa shape index (κ2) is 7.60. The maximum Gasteiger partial charge on any atom is 0.270 e. The van der Waals surface area contributed by atoms with Crippen LogP contribution in [0.4, 0.5) is 17.1 Å². The molecule has 1 fully saturated rings. The first-order valence-corrected chi connectivity index (χ1v) is 8.17. The summed E-state index contributed by atoms with van der Waals surface area (Å²) >= 11 is 0. The highest BCUT2D eigenvalue weighted by Gasteiger charge is 2.21. The SMILES string of the molecule is O=C(/C=C/c1cccc([N+](=O)[O-])c1)Nc1cccc(N2CCCC2=O)c1. The van der Waals surface area contributed by atoms with Crippen LogP contribution in [0, 0.1) is 10.1 Å². The number of benzene rings is 2. The third-order valence-corrected chi connectivity index (χ3v) is 4.01. The lowest BCUT2D eigenvalue weighted by Gasteiger charge is -2.16. The number of rotatable bonds is 5. The van der Waals surface area contributed by atoms with Crippen LogP contribution in [0.5, 0.6) is 0 Å². The van der Waals surface area contributed by atoms with Crippen molar-refractivity contribution < 1.29 is 14.5 Å². The van der Waals surface area contributed by atoms with Crippen molar-refractivity contribution in [2.24, 2.45) is 0 Å². The first-order valence-electron chi connectivity index (χ1n) is 8.17. The number of amides is 2. The molecule has 0 spiro atoms. The minimum absolute atomic E-state index is 0.0319. The summed E-state index contributed by atoms with van der Waals surface area (Å²) in [6.45, 7) is 0.683. The average molecular weight is 351 g/mol. The summed E-state index contributed by atoms with van der Waals surface area (Å²) in [5.74, 6) is -0.277. The summed E-state index contributed by atoms with van der Waals surface area (Å²) in [6, 6.07) is 13.1. The van der Waals surface area contributed by atoms with Gasteiger partial charge in [0.15, 0.2) is 0 Å². The number of nitrogens with zero attached hydrogens (tertiary/aromatic N) is 2. The van der Waals surface area contributed by atoms with E-state index < -0.39 is 4.92 Å². The van der Waals surface area contributed by atoms with E-state index in [4.69, 9.17) is 0 Å². The van der Waals surface area contributed by atoms with Gasteiger partial charge in [-0.15, -0.1) is 0 Å². The maximum absolute atomic E-state index is 12.1. The lowest BCUT2D eigenvalue weighted by molar-refractivity contribution is -0.384. The van der Waals surface area contributed by atoms with Crippen LogP contribution in [0.15, 0.2) is 54.6 Å². The fourth-order valence-corrected chi connectivity index (χ4v) is 2.77. The Labute approximate surface area is 150 Å². The van der Waals surface area contributed by atoms with Crippen LogP contribution < -0.4 is 10.2 Å². The van der Waals surface area contributed by atoms with Crippen molar-refractivity contribution in [3.8, 4) is 0 Å². The van der Waals surface area contributed by atoms with Gasteiger partial charge in [0.25, 0.3) is 5.69 Å². The summed E-state index contributed by atoms with van der Waals surface area (Å²) in [5, 5.41) is 13.5. The highest BCUT2D eigenvalue weighted by Crippen LogP contribution is 2.24. The fourth-order valence-electron chi connectivity index (χ4n) is 2.77. The van der Waals surface area contributed by atoms with E-state index in [0.717, 1.165) is 12.1 Å². The van der Waals surface area contributed by atoms with Gasteiger partial charge in [-0.05, 0) is 36.3 Å². The zero-order valence-electron chi connectivity index (χ0n) is 13.9. The first kappa shape index (κ1) is 17.3. The van der Waals surface area contributed by atoms with E-state index in [0.29, 0.717) is 24.2 Å². The number of anilines is 2. The summed E-state index contributed by atoms with van der Waals surface area (Å²) in [5.41, 5.74) is 1.87. The standard InChI is InChI=1S/C19H17N3O4/c23-18(10-9-14-4-1-7-17(12-14)22(25)26)20-15-5-2-6-16(13-15)21-11-3-8-19(21)24/h1-2,4-7,9-10,12-13H,3,8,11H2,(H,20,23)/b10-9+. The van der Waals surface area contributed by atoms with Crippen LogP contribution in [0.1, 0.15) is 18.4 Å². The number of carbonyl (C=O) groups is 2. The molecule has 26 heavy (non-hydrogen) atoms. The molecule has 0 saturated carbocycles. The number of hydrogen-bond donors (Lipinski definition) is 1. The second-order valence-electron chi connectivity index (χ2n) is 5.87. The van der Waals surface area contributed by atoms with E-state index in [-0.39, 0.29) is 17.5 Å². The zero-order chi connectivity index (χ0) is 18.5. The molecular weight excluding hydrogens is 334 g/mol. The van der Waals surface area contributed by atoms with Crippen LogP contribution >= 0.6 is 0 Å². The Bertz CT molecular complexity index is 892. The minimum atomic E-state index is -0.484. The molecule has 3 rings (SSSR count). The van der Waals surface area contributed by atoms with Crippen molar-refractivity contribution in [2.75, 3.05) is 16.8 Å². The van der Waals surface area contributed by atoms with E-state index in [9.17, 15) is 19.7 Å². The number of nitrogens with one attached hydrogen (secondary N) is 1. The van der Waals surface area contributed by atoms with Gasteiger partial charge in [0.2, 0.25) is 11.8 Å². The Morgan fingerprint density at radius 2 is 2.00 bits per heavy atom. The van der Waals surface area contributed by atoms with Gasteiger partial charge in [-0.3, -0.25) is 19.7 Å². The van der Waals surface area contributed by atoms with Crippen molar-refractivity contribution in [3.63, 3.8) is 0 Å². The quantitative estimate of drug-likeness (QED) is 0.508. The topological polar surface area (TPSA) is 92.5 Å². The first-order chi connectivity index (χ1) is 12.5. The predicted octanol–water partition coefficient (Wildman–Crippen LogP) is 3.37. The van der Waals surface area contributed by atoms with Crippen LogP contribution in [0.3, 0.4) is 0 Å². The lowest BCUT2D eigenvalue weighted by Crippen LogP contribution is -2.23. The molecule has 0 aliphatic carbocycles. The molecule has 1 aliphatic heterocycles. The van der Waals surface area contributed by atoms with E-state index in [1.54, 1.807) is 35.2 Å². The van der Waals surface area contributed by atoms with Gasteiger partial charge < -0.3 is 10.2 Å². The largest absolute Gasteiger partial charge is 0.322 e. The summed E-state index contributed by atoms with van der Waals surface area (Å²) in [4.78, 5) is 35.9. The Balaban J connectivity index is 1.67. The number of hydrogen-bond acceptors (Lipinski definition) is 4. The van der Waals surface area contributed by atoms with Gasteiger partial charge in [-0.25, -0.2) is 0 Å². The highest BCUT2D eigenvalue weighted by molar-refractivity contribution is 6.02.